The van der Waals surface area contributed by atoms with Crippen molar-refractivity contribution >= 4 is 74.3 Å². The fourth-order valence-corrected chi connectivity index (χ4v) is 5.95. The lowest BCUT2D eigenvalue weighted by atomic mass is 9.70. The van der Waals surface area contributed by atoms with E-state index in [-0.39, 0.29) is 38.0 Å². The average Bonchev–Trinajstić information content (AvgIpc) is 3.04. The number of methoxy groups -OCH3 is 1. The van der Waals surface area contributed by atoms with Crippen LogP contribution in [0.15, 0.2) is 103 Å². The van der Waals surface area contributed by atoms with Gasteiger partial charge >= 0.3 is 0 Å². The van der Waals surface area contributed by atoms with E-state index in [0.717, 1.165) is 18.3 Å². The van der Waals surface area contributed by atoms with E-state index in [4.69, 9.17) is 9.47 Å². The fraction of sp³-hybridized carbons (Fsp3) is 0.206. The quantitative estimate of drug-likeness (QED) is 0.126. The molecule has 0 spiro atoms. The largest absolute Gasteiger partial charge is 0.497 e. The molecule has 10 heteroatoms. The summed E-state index contributed by atoms with van der Waals surface area (Å²) in [5, 5.41) is 5.89. The Kier molecular flexibility index (Phi) is 10.5. The summed E-state index contributed by atoms with van der Waals surface area (Å²) in [6, 6.07) is 31.7. The average molecular weight is 815 g/mol. The maximum atomic E-state index is 14.3. The Labute approximate surface area is 283 Å². The Morgan fingerprint density at radius 2 is 1.39 bits per heavy atom. The van der Waals surface area contributed by atoms with Gasteiger partial charge in [-0.25, -0.2) is 0 Å². The van der Waals surface area contributed by atoms with Crippen LogP contribution in [0, 0.1) is 13.1 Å². The Hall–Kier alpha value is -3.49. The molecule has 1 heterocycles. The number of carbonyl (C=O) groups is 3. The highest BCUT2D eigenvalue weighted by molar-refractivity contribution is 14.1. The Bertz CT molecular complexity index is 1600. The molecule has 8 nitrogen and oxygen atoms in total. The van der Waals surface area contributed by atoms with Crippen LogP contribution in [0.5, 0.6) is 5.75 Å². The number of amides is 3. The topological polar surface area (TPSA) is 97.0 Å². The monoisotopic (exact) mass is 815 g/mol. The number of anilines is 2. The van der Waals surface area contributed by atoms with Gasteiger partial charge < -0.3 is 25.0 Å². The minimum absolute atomic E-state index is 0.0958. The Balaban J connectivity index is 1.47. The van der Waals surface area contributed by atoms with Crippen LogP contribution in [0.25, 0.3) is 0 Å². The molecule has 1 saturated heterocycles. The number of β-lactam (4-membered cyclic amide) rings is 1. The summed E-state index contributed by atoms with van der Waals surface area (Å²) in [6.45, 7) is 0.305. The maximum Gasteiger partial charge on any atom is 0.253 e. The number of hydrogen-bond acceptors (Lipinski definition) is 5. The smallest absolute Gasteiger partial charge is 0.253 e. The van der Waals surface area contributed by atoms with Crippen LogP contribution in [0.2, 0.25) is 0 Å². The Morgan fingerprint density at radius 1 is 0.795 bits per heavy atom. The third-order valence-corrected chi connectivity index (χ3v) is 9.01. The minimum Gasteiger partial charge on any atom is -0.497 e. The number of ether oxygens (including phenoxy) is 2. The van der Waals surface area contributed by atoms with E-state index < -0.39 is 17.4 Å². The zero-order valence-electron chi connectivity index (χ0n) is 24.0. The molecular formula is C34H31I2N3O5. The van der Waals surface area contributed by atoms with Crippen molar-refractivity contribution in [2.24, 2.45) is 5.92 Å². The van der Waals surface area contributed by atoms with E-state index in [0.29, 0.717) is 17.1 Å². The van der Waals surface area contributed by atoms with Gasteiger partial charge in [-0.3, -0.25) is 14.4 Å². The lowest BCUT2D eigenvalue weighted by molar-refractivity contribution is -0.187. The first-order valence-corrected chi connectivity index (χ1v) is 16.1. The highest BCUT2D eigenvalue weighted by Crippen LogP contribution is 2.43. The molecule has 0 radical (unpaired) electrons. The van der Waals surface area contributed by atoms with Gasteiger partial charge in [0.1, 0.15) is 5.75 Å². The van der Waals surface area contributed by atoms with Crippen molar-refractivity contribution in [1.29, 1.82) is 0 Å². The molecule has 1 aliphatic rings. The molecule has 1 aliphatic heterocycles. The zero-order valence-corrected chi connectivity index (χ0v) is 28.3. The fourth-order valence-electron chi connectivity index (χ4n) is 5.23. The summed E-state index contributed by atoms with van der Waals surface area (Å²) in [5.41, 5.74) is 1.50. The molecule has 0 bridgehead atoms. The third kappa shape index (κ3) is 7.41. The van der Waals surface area contributed by atoms with Crippen molar-refractivity contribution in [2.75, 3.05) is 24.4 Å². The number of likely N-dealkylation sites (tertiary alicyclic amines) is 1. The number of nitrogens with zero attached hydrogens (tertiary/aromatic N) is 1. The summed E-state index contributed by atoms with van der Waals surface area (Å²) in [6.07, 6.45) is -0.182. The van der Waals surface area contributed by atoms with E-state index in [2.05, 4.69) is 55.8 Å². The van der Waals surface area contributed by atoms with E-state index in [1.54, 1.807) is 19.2 Å². The predicted octanol–water partition coefficient (Wildman–Crippen LogP) is 6.49. The first-order valence-electron chi connectivity index (χ1n) is 14.0. The summed E-state index contributed by atoms with van der Waals surface area (Å²) in [7, 11) is 1.59. The summed E-state index contributed by atoms with van der Waals surface area (Å²) < 4.78 is 13.5. The maximum absolute atomic E-state index is 14.3. The van der Waals surface area contributed by atoms with Crippen LogP contribution in [0.4, 0.5) is 11.4 Å². The number of benzene rings is 4. The van der Waals surface area contributed by atoms with E-state index >= 15 is 0 Å². The predicted molar refractivity (Wildman–Crippen MR) is 186 cm³/mol. The highest BCUT2D eigenvalue weighted by Gasteiger charge is 2.65. The number of halogens is 2. The van der Waals surface area contributed by atoms with Crippen LogP contribution >= 0.6 is 45.2 Å². The SMILES string of the molecule is COc1ccc(CN2C(=O)[C@H](CC(=O)Nc3ccc(I)cc3)[C@@]2(COCc2ccccc2)C(=O)Nc2ccc(I)cc2)cc1. The molecular weight excluding hydrogens is 784 g/mol. The number of rotatable bonds is 12. The van der Waals surface area contributed by atoms with Crippen molar-refractivity contribution in [2.45, 2.75) is 25.1 Å². The van der Waals surface area contributed by atoms with Gasteiger partial charge in [0.2, 0.25) is 11.8 Å². The molecule has 2 atom stereocenters. The van der Waals surface area contributed by atoms with Gasteiger partial charge in [-0.05, 0) is 117 Å². The highest BCUT2D eigenvalue weighted by atomic mass is 127. The van der Waals surface area contributed by atoms with Gasteiger partial charge in [-0.2, -0.15) is 0 Å². The van der Waals surface area contributed by atoms with Gasteiger partial charge in [0.25, 0.3) is 5.91 Å². The van der Waals surface area contributed by atoms with Crippen LogP contribution in [0.3, 0.4) is 0 Å². The molecule has 44 heavy (non-hydrogen) atoms. The molecule has 0 unspecified atom stereocenters. The molecule has 0 aliphatic carbocycles. The molecule has 4 aromatic rings. The molecule has 0 aromatic heterocycles. The first-order chi connectivity index (χ1) is 21.3. The second-order valence-corrected chi connectivity index (χ2v) is 12.9. The van der Waals surface area contributed by atoms with Gasteiger partial charge in [0.05, 0.1) is 26.2 Å². The number of carbonyl (C=O) groups excluding carboxylic acids is 3. The second-order valence-electron chi connectivity index (χ2n) is 10.4. The zero-order chi connectivity index (χ0) is 31.1. The number of hydrogen-bond donors (Lipinski definition) is 2. The third-order valence-electron chi connectivity index (χ3n) is 7.57. The van der Waals surface area contributed by atoms with Gasteiger partial charge in [0.15, 0.2) is 5.54 Å². The van der Waals surface area contributed by atoms with E-state index in [1.165, 1.54) is 4.90 Å². The van der Waals surface area contributed by atoms with Crippen molar-refractivity contribution in [3.63, 3.8) is 0 Å². The van der Waals surface area contributed by atoms with Gasteiger partial charge in [-0.15, -0.1) is 0 Å². The van der Waals surface area contributed by atoms with Crippen LogP contribution < -0.4 is 15.4 Å². The van der Waals surface area contributed by atoms with Crippen molar-refractivity contribution in [3.8, 4) is 5.75 Å². The molecule has 0 saturated carbocycles. The second kappa shape index (κ2) is 14.5. The standard InChI is InChI=1S/C34H31I2N3O5/c1-43-29-17-7-23(8-18-29)20-39-32(41)30(19-31(40)37-27-13-9-25(35)10-14-27)34(39,22-44-21-24-5-3-2-4-6-24)33(42)38-28-15-11-26(36)12-16-28/h2-18,30H,19-22H2,1H3,(H,37,40)(H,38,42)/t30-,34-/m0/s1. The van der Waals surface area contributed by atoms with Crippen LogP contribution in [-0.4, -0.2) is 41.9 Å². The van der Waals surface area contributed by atoms with Gasteiger partial charge in [0, 0.05) is 31.5 Å². The first kappa shape index (κ1) is 31.9. The molecule has 4 aromatic carbocycles. The molecule has 2 N–H and O–H groups in total. The van der Waals surface area contributed by atoms with E-state index in [1.807, 2.05) is 91.0 Å². The van der Waals surface area contributed by atoms with E-state index in [9.17, 15) is 14.4 Å². The van der Waals surface area contributed by atoms with Crippen molar-refractivity contribution < 1.29 is 23.9 Å². The normalized spacial score (nSPS) is 17.5. The lowest BCUT2D eigenvalue weighted by Crippen LogP contribution is -2.77. The molecule has 5 rings (SSSR count). The summed E-state index contributed by atoms with van der Waals surface area (Å²) >= 11 is 4.39. The van der Waals surface area contributed by atoms with Crippen LogP contribution in [0.1, 0.15) is 17.5 Å². The van der Waals surface area contributed by atoms with Gasteiger partial charge in [-0.1, -0.05) is 42.5 Å². The molecule has 226 valence electrons. The molecule has 1 fully saturated rings. The van der Waals surface area contributed by atoms with Crippen molar-refractivity contribution in [3.05, 3.63) is 121 Å². The minimum atomic E-state index is -1.45. The Morgan fingerprint density at radius 3 is 1.98 bits per heavy atom. The molecule has 3 amide bonds. The number of nitrogens with one attached hydrogen (secondary N) is 2. The van der Waals surface area contributed by atoms with Crippen molar-refractivity contribution in [1.82, 2.24) is 4.90 Å². The lowest BCUT2D eigenvalue weighted by Gasteiger charge is -2.55. The summed E-state index contributed by atoms with van der Waals surface area (Å²) in [5.74, 6) is -1.32. The summed E-state index contributed by atoms with van der Waals surface area (Å²) in [4.78, 5) is 43.0. The van der Waals surface area contributed by atoms with Crippen LogP contribution in [-0.2, 0) is 32.3 Å².